The first-order valence-electron chi connectivity index (χ1n) is 26.1. The summed E-state index contributed by atoms with van der Waals surface area (Å²) in [5.41, 5.74) is 5.37. The van der Waals surface area contributed by atoms with Crippen molar-refractivity contribution in [2.24, 2.45) is 5.73 Å². The van der Waals surface area contributed by atoms with E-state index in [2.05, 4.69) is 62.5 Å². The zero-order valence-corrected chi connectivity index (χ0v) is 41.7. The predicted molar refractivity (Wildman–Crippen MR) is 266 cm³/mol. The molecule has 0 aliphatic rings. The molecule has 0 heterocycles. The number of phosphoric acid groups is 1. The minimum Gasteiger partial charge on any atom is -0.462 e. The molecule has 0 aromatic carbocycles. The third-order valence-electron chi connectivity index (χ3n) is 11.2. The van der Waals surface area contributed by atoms with Crippen LogP contribution in [-0.2, 0) is 32.7 Å². The molecule has 0 amide bonds. The van der Waals surface area contributed by atoms with Gasteiger partial charge in [-0.25, -0.2) is 4.57 Å². The van der Waals surface area contributed by atoms with Crippen LogP contribution in [0.5, 0.6) is 0 Å². The Morgan fingerprint density at radius 3 is 1.30 bits per heavy atom. The first-order valence-corrected chi connectivity index (χ1v) is 27.6. The molecule has 0 aliphatic carbocycles. The van der Waals surface area contributed by atoms with Crippen LogP contribution in [0, 0.1) is 0 Å². The first kappa shape index (κ1) is 61.0. The van der Waals surface area contributed by atoms with Crippen molar-refractivity contribution in [1.29, 1.82) is 0 Å². The van der Waals surface area contributed by atoms with Crippen molar-refractivity contribution in [3.8, 4) is 0 Å². The lowest BCUT2D eigenvalue weighted by Gasteiger charge is -2.19. The Labute approximate surface area is 387 Å². The standard InChI is InChI=1S/C53H98NO8P/c1-3-5-7-9-11-13-15-17-19-21-23-25-27-29-31-33-35-37-39-41-43-45-52(55)59-49-51(50-61-63(57,58)60-48-47-54)62-53(56)46-44-42-40-38-36-34-32-30-28-26-24-22-20-18-16-14-12-10-8-6-4-2/h6,8,12,14,18,20,24,26,51H,3-5,7,9-11,13,15-17,19,21-23,25,27-50,54H2,1-2H3,(H,57,58)/b8-6-,14-12-,20-18-,26-24-. The van der Waals surface area contributed by atoms with Crippen LogP contribution >= 0.6 is 7.82 Å². The molecule has 368 valence electrons. The van der Waals surface area contributed by atoms with Crippen LogP contribution in [0.25, 0.3) is 0 Å². The SMILES string of the molecule is CC/C=C\C/C=C\C/C=C\C/C=C\CCCCCCCCCCC(=O)OC(COC(=O)CCCCCCCCCCCCCCCCCCCCCCC)COP(=O)(O)OCCN. The number of allylic oxidation sites excluding steroid dienone is 8. The summed E-state index contributed by atoms with van der Waals surface area (Å²) in [7, 11) is -4.39. The molecule has 0 rings (SSSR count). The highest BCUT2D eigenvalue weighted by Crippen LogP contribution is 2.43. The first-order chi connectivity index (χ1) is 30.8. The summed E-state index contributed by atoms with van der Waals surface area (Å²) in [6, 6.07) is 0. The number of ether oxygens (including phenoxy) is 2. The monoisotopic (exact) mass is 908 g/mol. The second-order valence-electron chi connectivity index (χ2n) is 17.4. The highest BCUT2D eigenvalue weighted by atomic mass is 31.2. The summed E-state index contributed by atoms with van der Waals surface area (Å²) in [6.07, 6.45) is 58.6. The molecule has 0 aromatic rings. The molecule has 2 atom stereocenters. The van der Waals surface area contributed by atoms with Crippen LogP contribution in [0.4, 0.5) is 0 Å². The Bertz CT molecular complexity index is 1170. The number of nitrogens with two attached hydrogens (primary N) is 1. The van der Waals surface area contributed by atoms with E-state index in [0.717, 1.165) is 70.6 Å². The van der Waals surface area contributed by atoms with Gasteiger partial charge in [0.15, 0.2) is 6.10 Å². The van der Waals surface area contributed by atoms with Crippen molar-refractivity contribution in [2.45, 2.75) is 251 Å². The number of carbonyl (C=O) groups excluding carboxylic acids is 2. The number of phosphoric ester groups is 1. The van der Waals surface area contributed by atoms with Crippen LogP contribution in [0.15, 0.2) is 48.6 Å². The minimum atomic E-state index is -4.39. The summed E-state index contributed by atoms with van der Waals surface area (Å²) < 4.78 is 33.0. The lowest BCUT2D eigenvalue weighted by atomic mass is 10.0. The smallest absolute Gasteiger partial charge is 0.462 e. The fraction of sp³-hybridized carbons (Fsp3) is 0.811. The fourth-order valence-corrected chi connectivity index (χ4v) is 8.16. The lowest BCUT2D eigenvalue weighted by molar-refractivity contribution is -0.161. The predicted octanol–water partition coefficient (Wildman–Crippen LogP) is 15.8. The van der Waals surface area contributed by atoms with Gasteiger partial charge in [-0.1, -0.05) is 229 Å². The summed E-state index contributed by atoms with van der Waals surface area (Å²) in [5, 5.41) is 0. The summed E-state index contributed by atoms with van der Waals surface area (Å²) >= 11 is 0. The maximum absolute atomic E-state index is 12.7. The van der Waals surface area contributed by atoms with Gasteiger partial charge >= 0.3 is 19.8 Å². The van der Waals surface area contributed by atoms with Crippen LogP contribution in [0.1, 0.15) is 245 Å². The maximum Gasteiger partial charge on any atom is 0.472 e. The van der Waals surface area contributed by atoms with E-state index in [4.69, 9.17) is 24.3 Å². The number of hydrogen-bond acceptors (Lipinski definition) is 8. The number of unbranched alkanes of at least 4 members (excludes halogenated alkanes) is 28. The van der Waals surface area contributed by atoms with Gasteiger partial charge in [0, 0.05) is 19.4 Å². The average Bonchev–Trinajstić information content (AvgIpc) is 3.27. The quantitative estimate of drug-likeness (QED) is 0.0265. The van der Waals surface area contributed by atoms with E-state index < -0.39 is 26.5 Å². The van der Waals surface area contributed by atoms with Gasteiger partial charge in [-0.3, -0.25) is 18.6 Å². The van der Waals surface area contributed by atoms with Gasteiger partial charge < -0.3 is 20.1 Å². The van der Waals surface area contributed by atoms with Crippen molar-refractivity contribution in [3.05, 3.63) is 48.6 Å². The molecule has 0 spiro atoms. The van der Waals surface area contributed by atoms with Crippen LogP contribution in [0.2, 0.25) is 0 Å². The van der Waals surface area contributed by atoms with Gasteiger partial charge in [-0.2, -0.15) is 0 Å². The lowest BCUT2D eigenvalue weighted by Crippen LogP contribution is -2.29. The van der Waals surface area contributed by atoms with Gasteiger partial charge in [-0.15, -0.1) is 0 Å². The van der Waals surface area contributed by atoms with Crippen molar-refractivity contribution in [3.63, 3.8) is 0 Å². The van der Waals surface area contributed by atoms with E-state index in [-0.39, 0.29) is 38.6 Å². The maximum atomic E-state index is 12.7. The summed E-state index contributed by atoms with van der Waals surface area (Å²) in [5.74, 6) is -0.828. The number of rotatable bonds is 49. The fourth-order valence-electron chi connectivity index (χ4n) is 7.39. The van der Waals surface area contributed by atoms with Crippen LogP contribution < -0.4 is 5.73 Å². The number of carbonyl (C=O) groups is 2. The minimum absolute atomic E-state index is 0.0517. The Morgan fingerprint density at radius 1 is 0.492 bits per heavy atom. The van der Waals surface area contributed by atoms with Crippen molar-refractivity contribution in [1.82, 2.24) is 0 Å². The summed E-state index contributed by atoms with van der Waals surface area (Å²) in [6.45, 7) is 3.65. The summed E-state index contributed by atoms with van der Waals surface area (Å²) in [4.78, 5) is 35.1. The average molecular weight is 908 g/mol. The molecule has 0 aromatic heterocycles. The zero-order chi connectivity index (χ0) is 46.0. The van der Waals surface area contributed by atoms with Gasteiger partial charge in [0.05, 0.1) is 13.2 Å². The van der Waals surface area contributed by atoms with Crippen molar-refractivity contribution in [2.75, 3.05) is 26.4 Å². The third kappa shape index (κ3) is 49.2. The molecule has 10 heteroatoms. The Kier molecular flexibility index (Phi) is 47.8. The van der Waals surface area contributed by atoms with Crippen molar-refractivity contribution >= 4 is 19.8 Å². The molecule has 9 nitrogen and oxygen atoms in total. The molecule has 0 saturated carbocycles. The molecule has 0 bridgehead atoms. The van der Waals surface area contributed by atoms with Gasteiger partial charge in [0.2, 0.25) is 0 Å². The second-order valence-corrected chi connectivity index (χ2v) is 18.8. The van der Waals surface area contributed by atoms with Gasteiger partial charge in [0.25, 0.3) is 0 Å². The number of hydrogen-bond donors (Lipinski definition) is 2. The molecule has 0 aliphatic heterocycles. The molecule has 0 fully saturated rings. The highest BCUT2D eigenvalue weighted by molar-refractivity contribution is 7.47. The number of esters is 2. The Balaban J connectivity index is 4.03. The van der Waals surface area contributed by atoms with Gasteiger partial charge in [-0.05, 0) is 51.4 Å². The molecular weight excluding hydrogens is 810 g/mol. The highest BCUT2D eigenvalue weighted by Gasteiger charge is 2.26. The zero-order valence-electron chi connectivity index (χ0n) is 40.8. The molecule has 63 heavy (non-hydrogen) atoms. The van der Waals surface area contributed by atoms with E-state index in [1.807, 2.05) is 0 Å². The largest absolute Gasteiger partial charge is 0.472 e. The molecule has 0 radical (unpaired) electrons. The van der Waals surface area contributed by atoms with E-state index in [9.17, 15) is 19.0 Å². The van der Waals surface area contributed by atoms with Crippen molar-refractivity contribution < 1.29 is 37.6 Å². The van der Waals surface area contributed by atoms with E-state index >= 15 is 0 Å². The van der Waals surface area contributed by atoms with E-state index in [1.165, 1.54) is 141 Å². The van der Waals surface area contributed by atoms with Gasteiger partial charge in [0.1, 0.15) is 6.61 Å². The van der Waals surface area contributed by atoms with Crippen LogP contribution in [0.3, 0.4) is 0 Å². The molecule has 2 unspecified atom stereocenters. The second kappa shape index (κ2) is 49.4. The Hall–Kier alpha value is -2.03. The van der Waals surface area contributed by atoms with E-state index in [1.54, 1.807) is 0 Å². The molecule has 0 saturated heterocycles. The normalized spacial score (nSPS) is 13.5. The molecular formula is C53H98NO8P. The topological polar surface area (TPSA) is 134 Å². The van der Waals surface area contributed by atoms with E-state index in [0.29, 0.717) is 6.42 Å². The Morgan fingerprint density at radius 2 is 0.873 bits per heavy atom. The third-order valence-corrected chi connectivity index (χ3v) is 12.2. The van der Waals surface area contributed by atoms with Crippen LogP contribution in [-0.4, -0.2) is 49.3 Å². The molecule has 3 N–H and O–H groups in total.